The molecule has 15 nitrogen and oxygen atoms in total. The molecular weight excluding hydrogens is 801 g/mol. The van der Waals surface area contributed by atoms with E-state index >= 15 is 0 Å². The van der Waals surface area contributed by atoms with Gasteiger partial charge >= 0.3 is 0 Å². The van der Waals surface area contributed by atoms with Gasteiger partial charge in [-0.15, -0.1) is 0 Å². The summed E-state index contributed by atoms with van der Waals surface area (Å²) in [6, 6.07) is 34.4. The Morgan fingerprint density at radius 2 is 0.695 bits per heavy atom. The highest BCUT2D eigenvalue weighted by Crippen LogP contribution is 2.45. The van der Waals surface area contributed by atoms with Crippen LogP contribution in [0.25, 0.3) is 0 Å². The molecular formula is C42H52N4O11S2. The molecule has 0 aliphatic carbocycles. The Morgan fingerprint density at radius 3 is 0.898 bits per heavy atom. The second-order valence-electron chi connectivity index (χ2n) is 14.2. The van der Waals surface area contributed by atoms with Gasteiger partial charge in [-0.05, 0) is 73.5 Å². The number of aromatic carboxylic acids is 2. The lowest BCUT2D eigenvalue weighted by molar-refractivity contribution is -0.881. The SMILES string of the molecule is C[C@@H](CN1c2ccccc2S(=O)(=O)c2ccccc21)[NH+](C)C.C[C@H](CN1c2ccccc2S(=O)(=O)c2ccccc21)[NH+](C)C.O.O.O.O=C([O-])c1ccc(C(=O)[O-])cc1. The fraction of sp³-hybridized carbons (Fsp3) is 0.238. The number of anilines is 4. The smallest absolute Gasteiger partial charge is 0.210 e. The van der Waals surface area contributed by atoms with E-state index in [4.69, 9.17) is 0 Å². The van der Waals surface area contributed by atoms with Crippen LogP contribution < -0.4 is 29.8 Å². The number of benzene rings is 5. The Hall–Kier alpha value is -5.66. The summed E-state index contributed by atoms with van der Waals surface area (Å²) in [5, 5.41) is 20.4. The van der Waals surface area contributed by atoms with Crippen LogP contribution in [0.15, 0.2) is 141 Å². The second-order valence-corrected chi connectivity index (χ2v) is 18.0. The molecule has 2 atom stereocenters. The highest BCUT2D eigenvalue weighted by molar-refractivity contribution is 7.92. The first-order valence-corrected chi connectivity index (χ1v) is 21.0. The van der Waals surface area contributed by atoms with E-state index in [0.29, 0.717) is 31.7 Å². The Morgan fingerprint density at radius 1 is 0.475 bits per heavy atom. The van der Waals surface area contributed by atoms with E-state index in [1.54, 1.807) is 48.5 Å². The Balaban J connectivity index is 0.000000311. The highest BCUT2D eigenvalue weighted by atomic mass is 32.2. The lowest BCUT2D eigenvalue weighted by atomic mass is 10.1. The Bertz CT molecular complexity index is 2170. The van der Waals surface area contributed by atoms with Crippen LogP contribution in [0.3, 0.4) is 0 Å². The molecule has 0 bridgehead atoms. The van der Waals surface area contributed by atoms with Crippen molar-refractivity contribution in [3.63, 3.8) is 0 Å². The van der Waals surface area contributed by atoms with Crippen molar-refractivity contribution in [2.45, 2.75) is 45.5 Å². The number of hydrogen-bond acceptors (Lipinski definition) is 10. The van der Waals surface area contributed by atoms with Crippen molar-refractivity contribution in [2.24, 2.45) is 0 Å². The molecule has 2 aliphatic rings. The van der Waals surface area contributed by atoms with E-state index in [9.17, 15) is 36.6 Å². The summed E-state index contributed by atoms with van der Waals surface area (Å²) < 4.78 is 51.3. The average Bonchev–Trinajstić information content (AvgIpc) is 3.18. The first-order valence-electron chi connectivity index (χ1n) is 18.0. The molecule has 2 aliphatic heterocycles. The number of carboxylic acids is 2. The number of nitrogens with zero attached hydrogens (tertiary/aromatic N) is 2. The number of hydrogen-bond donors (Lipinski definition) is 2. The van der Waals surface area contributed by atoms with Gasteiger partial charge in [0.2, 0.25) is 19.7 Å². The van der Waals surface area contributed by atoms with Crippen molar-refractivity contribution in [1.29, 1.82) is 0 Å². The van der Waals surface area contributed by atoms with Crippen LogP contribution in [0.1, 0.15) is 34.6 Å². The fourth-order valence-electron chi connectivity index (χ4n) is 6.17. The van der Waals surface area contributed by atoms with Gasteiger partial charge in [0.1, 0.15) is 12.1 Å². The number of sulfone groups is 2. The van der Waals surface area contributed by atoms with Crippen LogP contribution in [-0.2, 0) is 19.7 Å². The van der Waals surface area contributed by atoms with Gasteiger partial charge in [0.15, 0.2) is 0 Å². The molecule has 0 amide bonds. The molecule has 0 saturated heterocycles. The van der Waals surface area contributed by atoms with Crippen LogP contribution >= 0.6 is 0 Å². The Labute approximate surface area is 345 Å². The number of likely N-dealkylation sites (N-methyl/N-ethyl adjacent to an activating group) is 2. The summed E-state index contributed by atoms with van der Waals surface area (Å²) in [5.41, 5.74) is 2.98. The zero-order valence-electron chi connectivity index (χ0n) is 33.6. The van der Waals surface area contributed by atoms with Crippen LogP contribution in [-0.4, -0.2) is 98.6 Å². The van der Waals surface area contributed by atoms with E-state index < -0.39 is 31.6 Å². The third-order valence-electron chi connectivity index (χ3n) is 10.0. The summed E-state index contributed by atoms with van der Waals surface area (Å²) in [5.74, 6) is -2.67. The van der Waals surface area contributed by atoms with Gasteiger partial charge in [-0.3, -0.25) is 0 Å². The van der Waals surface area contributed by atoms with Crippen LogP contribution in [0, 0.1) is 0 Å². The maximum absolute atomic E-state index is 12.8. The molecule has 59 heavy (non-hydrogen) atoms. The fourth-order valence-corrected chi connectivity index (χ4v) is 9.49. The minimum Gasteiger partial charge on any atom is -0.545 e. The van der Waals surface area contributed by atoms with Crippen molar-refractivity contribution in [2.75, 3.05) is 51.1 Å². The van der Waals surface area contributed by atoms with Gasteiger partial charge in [0.25, 0.3) is 0 Å². The van der Waals surface area contributed by atoms with E-state index in [2.05, 4.69) is 51.8 Å². The van der Waals surface area contributed by atoms with E-state index in [1.165, 1.54) is 9.80 Å². The molecule has 318 valence electrons. The maximum atomic E-state index is 12.8. The number of carbonyl (C=O) groups is 2. The zero-order chi connectivity index (χ0) is 40.9. The maximum Gasteiger partial charge on any atom is 0.210 e. The zero-order valence-corrected chi connectivity index (χ0v) is 35.2. The van der Waals surface area contributed by atoms with Gasteiger partial charge in [-0.1, -0.05) is 72.8 Å². The molecule has 0 radical (unpaired) electrons. The third-order valence-corrected chi connectivity index (χ3v) is 13.7. The predicted octanol–water partition coefficient (Wildman–Crippen LogP) is -1.05. The van der Waals surface area contributed by atoms with E-state index in [-0.39, 0.29) is 27.6 Å². The highest BCUT2D eigenvalue weighted by Gasteiger charge is 2.36. The first-order chi connectivity index (χ1) is 26.5. The summed E-state index contributed by atoms with van der Waals surface area (Å²) in [6.45, 7) is 5.88. The number of carboxylic acid groups (broad SMARTS) is 2. The standard InChI is InChI=1S/2C17H20N2O2S.C8H6O4.3H2O/c2*1-13(18(2)3)12-19-14-8-4-6-10-16(14)22(20,21)17-11-7-5-9-15(17)19;9-7(10)5-1-2-6(4-3-5)8(11)12;;;/h2*4-11,13H,12H2,1-3H3;1-4H,(H,9,10)(H,11,12);3*1H2/t2*13-;;;;/m10..../s1. The average molecular weight is 853 g/mol. The van der Waals surface area contributed by atoms with Gasteiger partial charge in [-0.2, -0.15) is 0 Å². The third kappa shape index (κ3) is 10.5. The quantitative estimate of drug-likeness (QED) is 0.191. The number of para-hydroxylation sites is 4. The van der Waals surface area contributed by atoms with E-state index in [0.717, 1.165) is 60.1 Å². The van der Waals surface area contributed by atoms with Crippen molar-refractivity contribution < 1.29 is 62.9 Å². The van der Waals surface area contributed by atoms with Gasteiger partial charge in [0, 0.05) is 0 Å². The van der Waals surface area contributed by atoms with Crippen LogP contribution in [0.2, 0.25) is 0 Å². The van der Waals surface area contributed by atoms with Crippen molar-refractivity contribution in [3.8, 4) is 0 Å². The number of quaternary nitrogens is 2. The largest absolute Gasteiger partial charge is 0.545 e. The normalized spacial score (nSPS) is 14.6. The van der Waals surface area contributed by atoms with Crippen LogP contribution in [0.4, 0.5) is 22.7 Å². The molecule has 0 fully saturated rings. The van der Waals surface area contributed by atoms with Gasteiger partial charge < -0.3 is 55.8 Å². The van der Waals surface area contributed by atoms with E-state index in [1.807, 2.05) is 48.5 Å². The number of fused-ring (bicyclic) bond motifs is 4. The topological polar surface area (TPSA) is 258 Å². The molecule has 17 heteroatoms. The molecule has 7 rings (SSSR count). The molecule has 5 aromatic carbocycles. The minimum absolute atomic E-state index is 0. The molecule has 0 saturated carbocycles. The van der Waals surface area contributed by atoms with Crippen molar-refractivity contribution in [1.82, 2.24) is 0 Å². The lowest BCUT2D eigenvalue weighted by Gasteiger charge is -2.34. The number of nitrogens with one attached hydrogen (secondary N) is 2. The molecule has 2 heterocycles. The van der Waals surface area contributed by atoms with Crippen molar-refractivity contribution >= 4 is 54.4 Å². The summed E-state index contributed by atoms with van der Waals surface area (Å²) >= 11 is 0. The molecule has 5 aromatic rings. The number of carbonyl (C=O) groups excluding carboxylic acids is 2. The van der Waals surface area contributed by atoms with Crippen molar-refractivity contribution in [3.05, 3.63) is 132 Å². The lowest BCUT2D eigenvalue weighted by Crippen LogP contribution is -3.10. The number of rotatable bonds is 8. The Kier molecular flexibility index (Phi) is 17.1. The molecule has 8 N–H and O–H groups in total. The molecule has 0 aromatic heterocycles. The van der Waals surface area contributed by atoms with Crippen LogP contribution in [0.5, 0.6) is 0 Å². The van der Waals surface area contributed by atoms with Gasteiger partial charge in [-0.25, -0.2) is 16.8 Å². The summed E-state index contributed by atoms with van der Waals surface area (Å²) in [4.78, 5) is 28.9. The second kappa shape index (κ2) is 20.3. The summed E-state index contributed by atoms with van der Waals surface area (Å²) in [6.07, 6.45) is 0. The first kappa shape index (κ1) is 49.5. The minimum atomic E-state index is -3.44. The van der Waals surface area contributed by atoms with Gasteiger partial charge in [0.05, 0.1) is 95.6 Å². The predicted molar refractivity (Wildman–Crippen MR) is 221 cm³/mol. The summed E-state index contributed by atoms with van der Waals surface area (Å²) in [7, 11) is 1.58. The molecule has 0 spiro atoms. The monoisotopic (exact) mass is 852 g/mol. The molecule has 0 unspecified atom stereocenters.